The molecule has 7 heteroatoms. The number of nitrogens with zero attached hydrogens (tertiary/aromatic N) is 2. The number of hydrogen-bond acceptors (Lipinski definition) is 4. The molecule has 1 N–H and O–H groups in total. The number of halogens is 2. The van der Waals surface area contributed by atoms with E-state index in [0.29, 0.717) is 5.69 Å². The first kappa shape index (κ1) is 14.6. The zero-order chi connectivity index (χ0) is 15.7. The Morgan fingerprint density at radius 3 is 2.95 bits per heavy atom. The van der Waals surface area contributed by atoms with Crippen molar-refractivity contribution in [2.24, 2.45) is 0 Å². The van der Waals surface area contributed by atoms with Crippen LogP contribution in [0.2, 0.25) is 0 Å². The summed E-state index contributed by atoms with van der Waals surface area (Å²) < 4.78 is 32.0. The fraction of sp³-hybridized carbons (Fsp3) is 0.333. The SMILES string of the molecule is O=C(Cc1ccon1)N1CC(O)CC1c1cc(F)ccc1F. The fourth-order valence-electron chi connectivity index (χ4n) is 2.74. The molecular weight excluding hydrogens is 294 g/mol. The van der Waals surface area contributed by atoms with Gasteiger partial charge in [-0.05, 0) is 24.6 Å². The molecule has 2 atom stereocenters. The standard InChI is InChI=1S/C15H14F2N2O3/c16-9-1-2-13(17)12(5-9)14-7-11(20)8-19(14)15(21)6-10-3-4-22-18-10/h1-5,11,14,20H,6-8H2. The van der Waals surface area contributed by atoms with E-state index in [-0.39, 0.29) is 30.9 Å². The van der Waals surface area contributed by atoms with E-state index in [2.05, 4.69) is 9.68 Å². The Balaban J connectivity index is 1.85. The molecule has 3 rings (SSSR count). The zero-order valence-electron chi connectivity index (χ0n) is 11.6. The lowest BCUT2D eigenvalue weighted by atomic mass is 10.0. The summed E-state index contributed by atoms with van der Waals surface area (Å²) in [6.45, 7) is 0.0807. The fourth-order valence-corrected chi connectivity index (χ4v) is 2.74. The highest BCUT2D eigenvalue weighted by Gasteiger charge is 2.36. The number of carbonyl (C=O) groups excluding carboxylic acids is 1. The average Bonchev–Trinajstić information content (AvgIpc) is 3.11. The van der Waals surface area contributed by atoms with Crippen molar-refractivity contribution in [2.75, 3.05) is 6.54 Å². The molecule has 0 spiro atoms. The van der Waals surface area contributed by atoms with Gasteiger partial charge in [0.15, 0.2) is 0 Å². The molecule has 116 valence electrons. The van der Waals surface area contributed by atoms with Crippen LogP contribution >= 0.6 is 0 Å². The summed E-state index contributed by atoms with van der Waals surface area (Å²) in [4.78, 5) is 13.7. The first-order chi connectivity index (χ1) is 10.5. The molecule has 2 unspecified atom stereocenters. The Labute approximate surface area is 125 Å². The molecule has 1 aromatic carbocycles. The summed E-state index contributed by atoms with van der Waals surface area (Å²) in [5, 5.41) is 13.5. The molecule has 5 nitrogen and oxygen atoms in total. The van der Waals surface area contributed by atoms with E-state index in [0.717, 1.165) is 18.2 Å². The zero-order valence-corrected chi connectivity index (χ0v) is 11.6. The summed E-state index contributed by atoms with van der Waals surface area (Å²) in [5.41, 5.74) is 0.523. The number of rotatable bonds is 3. The predicted molar refractivity (Wildman–Crippen MR) is 71.6 cm³/mol. The highest BCUT2D eigenvalue weighted by atomic mass is 19.1. The third-order valence-corrected chi connectivity index (χ3v) is 3.74. The Morgan fingerprint density at radius 2 is 2.23 bits per heavy atom. The second kappa shape index (κ2) is 5.84. The van der Waals surface area contributed by atoms with Crippen molar-refractivity contribution >= 4 is 5.91 Å². The summed E-state index contributed by atoms with van der Waals surface area (Å²) in [6, 6.07) is 3.97. The van der Waals surface area contributed by atoms with Crippen LogP contribution in [0.3, 0.4) is 0 Å². The van der Waals surface area contributed by atoms with E-state index < -0.39 is 23.8 Å². The van der Waals surface area contributed by atoms with E-state index in [1.54, 1.807) is 6.07 Å². The summed E-state index contributed by atoms with van der Waals surface area (Å²) in [5.74, 6) is -1.50. The van der Waals surface area contributed by atoms with Gasteiger partial charge in [0.1, 0.15) is 17.9 Å². The van der Waals surface area contributed by atoms with Gasteiger partial charge in [0, 0.05) is 18.2 Å². The van der Waals surface area contributed by atoms with Crippen LogP contribution in [0.1, 0.15) is 23.7 Å². The van der Waals surface area contributed by atoms with Gasteiger partial charge in [0.2, 0.25) is 5.91 Å². The van der Waals surface area contributed by atoms with Crippen LogP contribution in [0, 0.1) is 11.6 Å². The van der Waals surface area contributed by atoms with Crippen molar-refractivity contribution in [2.45, 2.75) is 25.0 Å². The number of aliphatic hydroxyl groups is 1. The van der Waals surface area contributed by atoms with Gasteiger partial charge in [0.25, 0.3) is 0 Å². The predicted octanol–water partition coefficient (Wildman–Crippen LogP) is 1.83. The molecular formula is C15H14F2N2O3. The van der Waals surface area contributed by atoms with E-state index in [4.69, 9.17) is 0 Å². The number of carbonyl (C=O) groups is 1. The minimum atomic E-state index is -0.770. The summed E-state index contributed by atoms with van der Waals surface area (Å²) in [7, 11) is 0. The molecule has 1 saturated heterocycles. The van der Waals surface area contributed by atoms with Gasteiger partial charge in [-0.3, -0.25) is 4.79 Å². The molecule has 0 saturated carbocycles. The van der Waals surface area contributed by atoms with Crippen LogP contribution in [-0.4, -0.2) is 33.7 Å². The maximum absolute atomic E-state index is 13.9. The lowest BCUT2D eigenvalue weighted by Crippen LogP contribution is -2.33. The monoisotopic (exact) mass is 308 g/mol. The summed E-state index contributed by atoms with van der Waals surface area (Å²) in [6.07, 6.45) is 0.737. The minimum Gasteiger partial charge on any atom is -0.391 e. The number of amides is 1. The van der Waals surface area contributed by atoms with Gasteiger partial charge in [-0.25, -0.2) is 8.78 Å². The second-order valence-corrected chi connectivity index (χ2v) is 5.28. The lowest BCUT2D eigenvalue weighted by Gasteiger charge is -2.24. The van der Waals surface area contributed by atoms with Crippen LogP contribution in [0.5, 0.6) is 0 Å². The quantitative estimate of drug-likeness (QED) is 0.939. The van der Waals surface area contributed by atoms with Gasteiger partial charge in [-0.1, -0.05) is 5.16 Å². The number of aliphatic hydroxyl groups excluding tert-OH is 1. The highest BCUT2D eigenvalue weighted by Crippen LogP contribution is 2.34. The maximum Gasteiger partial charge on any atom is 0.229 e. The van der Waals surface area contributed by atoms with Crippen molar-refractivity contribution in [1.82, 2.24) is 10.1 Å². The van der Waals surface area contributed by atoms with Crippen molar-refractivity contribution in [1.29, 1.82) is 0 Å². The van der Waals surface area contributed by atoms with Crippen molar-refractivity contribution in [3.05, 3.63) is 53.4 Å². The van der Waals surface area contributed by atoms with E-state index in [1.807, 2.05) is 0 Å². The molecule has 0 bridgehead atoms. The average molecular weight is 308 g/mol. The molecule has 1 aromatic heterocycles. The molecule has 2 aromatic rings. The third kappa shape index (κ3) is 2.85. The first-order valence-electron chi connectivity index (χ1n) is 6.86. The Bertz CT molecular complexity index is 675. The Morgan fingerprint density at radius 1 is 1.41 bits per heavy atom. The molecule has 0 radical (unpaired) electrons. The van der Waals surface area contributed by atoms with Crippen LogP contribution in [-0.2, 0) is 11.2 Å². The molecule has 1 amide bonds. The highest BCUT2D eigenvalue weighted by molar-refractivity contribution is 5.79. The number of β-amino-alcohol motifs (C(OH)–C–C–N with tert-alkyl or cyclic N) is 1. The maximum atomic E-state index is 13.9. The molecule has 1 fully saturated rings. The van der Waals surface area contributed by atoms with Crippen LogP contribution in [0.25, 0.3) is 0 Å². The summed E-state index contributed by atoms with van der Waals surface area (Å²) >= 11 is 0. The first-order valence-corrected chi connectivity index (χ1v) is 6.86. The number of likely N-dealkylation sites (tertiary alicyclic amines) is 1. The Kier molecular flexibility index (Phi) is 3.89. The van der Waals surface area contributed by atoms with Crippen molar-refractivity contribution in [3.63, 3.8) is 0 Å². The van der Waals surface area contributed by atoms with Crippen LogP contribution in [0.4, 0.5) is 8.78 Å². The van der Waals surface area contributed by atoms with Gasteiger partial charge in [-0.15, -0.1) is 0 Å². The second-order valence-electron chi connectivity index (χ2n) is 5.28. The van der Waals surface area contributed by atoms with Gasteiger partial charge in [0.05, 0.1) is 24.3 Å². The van der Waals surface area contributed by atoms with E-state index >= 15 is 0 Å². The van der Waals surface area contributed by atoms with Crippen molar-refractivity contribution in [3.8, 4) is 0 Å². The molecule has 1 aliphatic rings. The number of aromatic nitrogens is 1. The number of benzene rings is 1. The third-order valence-electron chi connectivity index (χ3n) is 3.74. The van der Waals surface area contributed by atoms with Crippen LogP contribution in [0.15, 0.2) is 35.1 Å². The molecule has 0 aliphatic carbocycles. The normalized spacial score (nSPS) is 21.3. The van der Waals surface area contributed by atoms with Crippen molar-refractivity contribution < 1.29 is 23.2 Å². The van der Waals surface area contributed by atoms with Gasteiger partial charge in [-0.2, -0.15) is 0 Å². The largest absolute Gasteiger partial charge is 0.391 e. The van der Waals surface area contributed by atoms with E-state index in [1.165, 1.54) is 11.2 Å². The molecule has 22 heavy (non-hydrogen) atoms. The number of hydrogen-bond donors (Lipinski definition) is 1. The van der Waals surface area contributed by atoms with Gasteiger partial charge >= 0.3 is 0 Å². The molecule has 1 aliphatic heterocycles. The Hall–Kier alpha value is -2.28. The smallest absolute Gasteiger partial charge is 0.229 e. The minimum absolute atomic E-state index is 0.0172. The van der Waals surface area contributed by atoms with E-state index in [9.17, 15) is 18.7 Å². The van der Waals surface area contributed by atoms with Gasteiger partial charge < -0.3 is 14.5 Å². The topological polar surface area (TPSA) is 66.6 Å². The lowest BCUT2D eigenvalue weighted by molar-refractivity contribution is -0.131. The molecule has 2 heterocycles. The van der Waals surface area contributed by atoms with Crippen LogP contribution < -0.4 is 0 Å².